The van der Waals surface area contributed by atoms with Crippen molar-refractivity contribution in [1.82, 2.24) is 4.90 Å². The molecular weight excluding hydrogens is 182 g/mol. The first-order valence-electron chi connectivity index (χ1n) is 6.48. The van der Waals surface area contributed by atoms with Crippen LogP contribution in [0.4, 0.5) is 0 Å². The van der Waals surface area contributed by atoms with Gasteiger partial charge in [0.15, 0.2) is 0 Å². The number of unbranched alkanes of at least 4 members (excludes halogenated alkanes) is 1. The Kier molecular flexibility index (Phi) is 8.79. The highest BCUT2D eigenvalue weighted by Crippen LogP contribution is 2.17. The lowest BCUT2D eigenvalue weighted by Crippen LogP contribution is -2.15. The molecule has 0 fully saturated rings. The van der Waals surface area contributed by atoms with Crippen LogP contribution in [0.3, 0.4) is 0 Å². The smallest absolute Gasteiger partial charge is 0.0186 e. The van der Waals surface area contributed by atoms with Gasteiger partial charge in [0, 0.05) is 6.54 Å². The van der Waals surface area contributed by atoms with Crippen LogP contribution in [0.2, 0.25) is 0 Å². The van der Waals surface area contributed by atoms with Gasteiger partial charge in [0.2, 0.25) is 0 Å². The second-order valence-corrected chi connectivity index (χ2v) is 4.73. The first kappa shape index (κ1) is 14.7. The molecule has 0 aliphatic rings. The van der Waals surface area contributed by atoms with E-state index in [1.165, 1.54) is 32.1 Å². The van der Waals surface area contributed by atoms with Gasteiger partial charge >= 0.3 is 0 Å². The molecule has 1 atom stereocenters. The Hall–Kier alpha value is -0.300. The summed E-state index contributed by atoms with van der Waals surface area (Å²) in [5.41, 5.74) is 1.60. The maximum absolute atomic E-state index is 2.52. The van der Waals surface area contributed by atoms with Crippen molar-refractivity contribution in [1.29, 1.82) is 0 Å². The molecule has 0 radical (unpaired) electrons. The summed E-state index contributed by atoms with van der Waals surface area (Å²) in [6, 6.07) is 0. The summed E-state index contributed by atoms with van der Waals surface area (Å²) in [6.45, 7) is 7.97. The van der Waals surface area contributed by atoms with Gasteiger partial charge < -0.3 is 4.90 Å². The Morgan fingerprint density at radius 3 is 2.27 bits per heavy atom. The van der Waals surface area contributed by atoms with Crippen molar-refractivity contribution in [3.63, 3.8) is 0 Å². The van der Waals surface area contributed by atoms with Gasteiger partial charge in [-0.2, -0.15) is 0 Å². The Labute approximate surface area is 96.6 Å². The third-order valence-corrected chi connectivity index (χ3v) is 2.90. The van der Waals surface area contributed by atoms with Crippen molar-refractivity contribution in [2.75, 3.05) is 20.6 Å². The number of allylic oxidation sites excluding steroid dienone is 1. The molecule has 1 unspecified atom stereocenters. The van der Waals surface area contributed by atoms with E-state index in [0.717, 1.165) is 12.5 Å². The van der Waals surface area contributed by atoms with E-state index in [1.807, 2.05) is 0 Å². The van der Waals surface area contributed by atoms with E-state index in [9.17, 15) is 0 Å². The zero-order valence-electron chi connectivity index (χ0n) is 11.3. The fraction of sp³-hybridized carbons (Fsp3) is 0.857. The molecule has 0 N–H and O–H groups in total. The molecule has 0 spiro atoms. The van der Waals surface area contributed by atoms with Gasteiger partial charge in [-0.05, 0) is 39.3 Å². The van der Waals surface area contributed by atoms with Gasteiger partial charge in [-0.3, -0.25) is 0 Å². The molecule has 0 aliphatic heterocycles. The Bertz CT molecular complexity index is 170. The topological polar surface area (TPSA) is 3.24 Å². The van der Waals surface area contributed by atoms with E-state index in [1.54, 1.807) is 5.57 Å². The first-order chi connectivity index (χ1) is 7.13. The molecule has 1 heteroatoms. The van der Waals surface area contributed by atoms with Gasteiger partial charge in [0.05, 0.1) is 0 Å². The van der Waals surface area contributed by atoms with Crippen LogP contribution in [0.15, 0.2) is 11.6 Å². The van der Waals surface area contributed by atoms with Gasteiger partial charge in [-0.15, -0.1) is 0 Å². The second kappa shape index (κ2) is 8.96. The van der Waals surface area contributed by atoms with Gasteiger partial charge in [0.25, 0.3) is 0 Å². The largest absolute Gasteiger partial charge is 0.305 e. The minimum atomic E-state index is 0.805. The van der Waals surface area contributed by atoms with Crippen LogP contribution < -0.4 is 0 Å². The van der Waals surface area contributed by atoms with Crippen molar-refractivity contribution in [2.45, 2.75) is 52.9 Å². The van der Waals surface area contributed by atoms with Crippen molar-refractivity contribution in [2.24, 2.45) is 5.92 Å². The van der Waals surface area contributed by atoms with E-state index in [-0.39, 0.29) is 0 Å². The SMILES string of the molecule is CCCCC(C=C(CC)CN(C)C)CC. The molecular formula is C14H29N. The molecule has 0 saturated heterocycles. The normalized spacial score (nSPS) is 14.7. The lowest BCUT2D eigenvalue weighted by Gasteiger charge is -2.16. The van der Waals surface area contributed by atoms with Crippen molar-refractivity contribution in [3.05, 3.63) is 11.6 Å². The summed E-state index contributed by atoms with van der Waals surface area (Å²) in [6.07, 6.45) is 9.06. The zero-order valence-corrected chi connectivity index (χ0v) is 11.3. The fourth-order valence-corrected chi connectivity index (χ4v) is 1.89. The predicted molar refractivity (Wildman–Crippen MR) is 70.2 cm³/mol. The van der Waals surface area contributed by atoms with Crippen molar-refractivity contribution in [3.8, 4) is 0 Å². The minimum Gasteiger partial charge on any atom is -0.305 e. The number of nitrogens with zero attached hydrogens (tertiary/aromatic N) is 1. The summed E-state index contributed by atoms with van der Waals surface area (Å²) in [7, 11) is 4.30. The molecule has 0 aromatic carbocycles. The van der Waals surface area contributed by atoms with Crippen LogP contribution in [0, 0.1) is 5.92 Å². The third-order valence-electron chi connectivity index (χ3n) is 2.90. The number of rotatable bonds is 8. The van der Waals surface area contributed by atoms with Gasteiger partial charge in [-0.25, -0.2) is 0 Å². The molecule has 0 aromatic heterocycles. The second-order valence-electron chi connectivity index (χ2n) is 4.73. The molecule has 0 heterocycles. The number of hydrogen-bond acceptors (Lipinski definition) is 1. The minimum absolute atomic E-state index is 0.805. The van der Waals surface area contributed by atoms with Crippen LogP contribution in [-0.4, -0.2) is 25.5 Å². The Morgan fingerprint density at radius 1 is 1.20 bits per heavy atom. The van der Waals surface area contributed by atoms with E-state index in [4.69, 9.17) is 0 Å². The third kappa shape index (κ3) is 7.61. The summed E-state index contributed by atoms with van der Waals surface area (Å²) in [4.78, 5) is 2.27. The highest BCUT2D eigenvalue weighted by Gasteiger charge is 2.04. The molecule has 0 aromatic rings. The first-order valence-corrected chi connectivity index (χ1v) is 6.48. The zero-order chi connectivity index (χ0) is 11.7. The van der Waals surface area contributed by atoms with Gasteiger partial charge in [0.1, 0.15) is 0 Å². The number of likely N-dealkylation sites (N-methyl/N-ethyl adjacent to an activating group) is 1. The monoisotopic (exact) mass is 211 g/mol. The molecule has 0 amide bonds. The molecule has 1 nitrogen and oxygen atoms in total. The van der Waals surface area contributed by atoms with Crippen molar-refractivity contribution >= 4 is 0 Å². The van der Waals surface area contributed by atoms with E-state index < -0.39 is 0 Å². The van der Waals surface area contributed by atoms with E-state index in [0.29, 0.717) is 0 Å². The lowest BCUT2D eigenvalue weighted by atomic mass is 9.95. The van der Waals surface area contributed by atoms with E-state index in [2.05, 4.69) is 45.8 Å². The quantitative estimate of drug-likeness (QED) is 0.546. The molecule has 0 rings (SSSR count). The average molecular weight is 211 g/mol. The van der Waals surface area contributed by atoms with E-state index >= 15 is 0 Å². The van der Waals surface area contributed by atoms with Crippen LogP contribution in [-0.2, 0) is 0 Å². The fourth-order valence-electron chi connectivity index (χ4n) is 1.89. The molecule has 0 bridgehead atoms. The molecule has 15 heavy (non-hydrogen) atoms. The van der Waals surface area contributed by atoms with Crippen LogP contribution in [0.5, 0.6) is 0 Å². The molecule has 0 saturated carbocycles. The maximum Gasteiger partial charge on any atom is 0.0186 e. The van der Waals surface area contributed by atoms with Crippen LogP contribution >= 0.6 is 0 Å². The number of hydrogen-bond donors (Lipinski definition) is 0. The summed E-state index contributed by atoms with van der Waals surface area (Å²) >= 11 is 0. The Balaban J connectivity index is 4.20. The average Bonchev–Trinajstić information content (AvgIpc) is 2.21. The summed E-state index contributed by atoms with van der Waals surface area (Å²) < 4.78 is 0. The lowest BCUT2D eigenvalue weighted by molar-refractivity contribution is 0.436. The Morgan fingerprint density at radius 2 is 1.87 bits per heavy atom. The van der Waals surface area contributed by atoms with Crippen LogP contribution in [0.25, 0.3) is 0 Å². The van der Waals surface area contributed by atoms with Crippen molar-refractivity contribution < 1.29 is 0 Å². The van der Waals surface area contributed by atoms with Crippen LogP contribution in [0.1, 0.15) is 52.9 Å². The molecule has 90 valence electrons. The predicted octanol–water partition coefficient (Wildman–Crippen LogP) is 4.10. The highest BCUT2D eigenvalue weighted by atomic mass is 15.0. The summed E-state index contributed by atoms with van der Waals surface area (Å²) in [5, 5.41) is 0. The molecule has 0 aliphatic carbocycles. The summed E-state index contributed by atoms with van der Waals surface area (Å²) in [5.74, 6) is 0.805. The standard InChI is InChI=1S/C14H29N/c1-6-9-10-13(7-2)11-14(8-3)12-15(4)5/h11,13H,6-10,12H2,1-5H3. The van der Waals surface area contributed by atoms with Gasteiger partial charge in [-0.1, -0.05) is 45.3 Å². The maximum atomic E-state index is 2.52. The highest BCUT2D eigenvalue weighted by molar-refractivity contribution is 5.05.